The van der Waals surface area contributed by atoms with Crippen LogP contribution in [0.4, 0.5) is 0 Å². The molecule has 0 bridgehead atoms. The van der Waals surface area contributed by atoms with Gasteiger partial charge in [0.25, 0.3) is 5.91 Å². The molecule has 0 aromatic carbocycles. The molecule has 15 heavy (non-hydrogen) atoms. The van der Waals surface area contributed by atoms with Gasteiger partial charge in [0.1, 0.15) is 4.88 Å². The number of carbonyl (C=O) groups is 1. The van der Waals surface area contributed by atoms with Crippen molar-refractivity contribution in [3.8, 4) is 0 Å². The average Bonchev–Trinajstić information content (AvgIpc) is 2.76. The van der Waals surface area contributed by atoms with Crippen molar-refractivity contribution in [1.82, 2.24) is 14.5 Å². The molecule has 0 unspecified atom stereocenters. The van der Waals surface area contributed by atoms with Crippen LogP contribution >= 0.6 is 27.5 Å². The number of aromatic nitrogens is 2. The molecule has 0 aliphatic rings. The van der Waals surface area contributed by atoms with Crippen molar-refractivity contribution in [3.63, 3.8) is 0 Å². The van der Waals surface area contributed by atoms with Gasteiger partial charge in [0.15, 0.2) is 0 Å². The highest BCUT2D eigenvalue weighted by molar-refractivity contribution is 9.09. The van der Waals surface area contributed by atoms with E-state index in [0.29, 0.717) is 4.88 Å². The maximum atomic E-state index is 11.9. The predicted octanol–water partition coefficient (Wildman–Crippen LogP) is 2.18. The minimum Gasteiger partial charge on any atom is -0.337 e. The van der Waals surface area contributed by atoms with Crippen LogP contribution in [0.1, 0.15) is 29.4 Å². The Labute approximate surface area is 102 Å². The Balaban J connectivity index is 2.58. The van der Waals surface area contributed by atoms with Crippen molar-refractivity contribution >= 4 is 33.4 Å². The zero-order chi connectivity index (χ0) is 11.1. The first-order valence-corrected chi connectivity index (χ1v) is 6.81. The first kappa shape index (κ1) is 12.6. The first-order chi connectivity index (χ1) is 7.29. The van der Waals surface area contributed by atoms with Crippen LogP contribution in [0, 0.1) is 0 Å². The van der Waals surface area contributed by atoms with Crippen LogP contribution in [0.15, 0.2) is 6.20 Å². The molecule has 1 aromatic heterocycles. The molecule has 1 amide bonds. The summed E-state index contributed by atoms with van der Waals surface area (Å²) in [5.74, 6) is 0.0397. The van der Waals surface area contributed by atoms with Crippen molar-refractivity contribution < 1.29 is 4.79 Å². The van der Waals surface area contributed by atoms with Crippen LogP contribution in [0.5, 0.6) is 0 Å². The number of hydrogen-bond acceptors (Lipinski definition) is 4. The molecule has 0 radical (unpaired) electrons. The average molecular weight is 292 g/mol. The van der Waals surface area contributed by atoms with E-state index in [1.165, 1.54) is 6.20 Å². The maximum Gasteiger partial charge on any atom is 0.267 e. The van der Waals surface area contributed by atoms with Gasteiger partial charge in [-0.15, -0.1) is 5.10 Å². The van der Waals surface area contributed by atoms with Crippen LogP contribution < -0.4 is 0 Å². The summed E-state index contributed by atoms with van der Waals surface area (Å²) >= 11 is 4.50. The van der Waals surface area contributed by atoms with Crippen molar-refractivity contribution in [3.05, 3.63) is 11.1 Å². The fourth-order valence-electron chi connectivity index (χ4n) is 1.18. The minimum absolute atomic E-state index is 0.0397. The van der Waals surface area contributed by atoms with E-state index in [9.17, 15) is 4.79 Å². The van der Waals surface area contributed by atoms with Gasteiger partial charge in [-0.25, -0.2) is 0 Å². The second kappa shape index (κ2) is 6.90. The molecule has 0 spiro atoms. The highest BCUT2D eigenvalue weighted by Gasteiger charge is 2.16. The highest BCUT2D eigenvalue weighted by atomic mass is 79.9. The molecule has 0 atom stereocenters. The summed E-state index contributed by atoms with van der Waals surface area (Å²) in [5.41, 5.74) is 0. The van der Waals surface area contributed by atoms with E-state index < -0.39 is 0 Å². The van der Waals surface area contributed by atoms with Crippen molar-refractivity contribution in [2.45, 2.75) is 19.8 Å². The summed E-state index contributed by atoms with van der Waals surface area (Å²) in [7, 11) is 0. The lowest BCUT2D eigenvalue weighted by Gasteiger charge is -2.20. The smallest absolute Gasteiger partial charge is 0.267 e. The third-order valence-corrected chi connectivity index (χ3v) is 3.00. The lowest BCUT2D eigenvalue weighted by Crippen LogP contribution is -2.33. The van der Waals surface area contributed by atoms with Gasteiger partial charge in [0.05, 0.1) is 6.20 Å². The molecular formula is C9H14BrN3OS. The molecule has 4 nitrogen and oxygen atoms in total. The van der Waals surface area contributed by atoms with E-state index in [0.717, 1.165) is 42.8 Å². The normalized spacial score (nSPS) is 10.3. The van der Waals surface area contributed by atoms with Crippen LogP contribution in [0.3, 0.4) is 0 Å². The topological polar surface area (TPSA) is 46.1 Å². The summed E-state index contributed by atoms with van der Waals surface area (Å²) in [5, 5.41) is 4.48. The summed E-state index contributed by atoms with van der Waals surface area (Å²) < 4.78 is 3.70. The fourth-order valence-corrected chi connectivity index (χ4v) is 2.09. The molecule has 0 saturated carbocycles. The van der Waals surface area contributed by atoms with E-state index in [4.69, 9.17) is 0 Å². The number of carbonyl (C=O) groups excluding carboxylic acids is 1. The van der Waals surface area contributed by atoms with E-state index >= 15 is 0 Å². The zero-order valence-corrected chi connectivity index (χ0v) is 11.1. The number of rotatable bonds is 6. The zero-order valence-electron chi connectivity index (χ0n) is 8.65. The molecule has 0 aliphatic carbocycles. The number of alkyl halides is 1. The van der Waals surface area contributed by atoms with Crippen LogP contribution in [-0.4, -0.2) is 38.8 Å². The van der Waals surface area contributed by atoms with Crippen molar-refractivity contribution in [2.24, 2.45) is 0 Å². The van der Waals surface area contributed by atoms with Gasteiger partial charge in [0, 0.05) is 18.4 Å². The van der Waals surface area contributed by atoms with E-state index in [1.54, 1.807) is 0 Å². The number of amides is 1. The first-order valence-electron chi connectivity index (χ1n) is 4.92. The Morgan fingerprint density at radius 1 is 1.60 bits per heavy atom. The predicted molar refractivity (Wildman–Crippen MR) is 64.5 cm³/mol. The third-order valence-electron chi connectivity index (χ3n) is 2.00. The van der Waals surface area contributed by atoms with Gasteiger partial charge < -0.3 is 4.90 Å². The second-order valence-corrected chi connectivity index (χ2v) is 4.70. The molecule has 1 aromatic rings. The number of halogens is 1. The molecule has 0 saturated heterocycles. The lowest BCUT2D eigenvalue weighted by atomic mass is 10.3. The Bertz CT molecular complexity index is 292. The standard InChI is InChI=1S/C9H14BrN3OS/c1-2-3-5-13(6-4-10)9(14)8-7-11-12-15-8/h7H,2-6H2,1H3. The highest BCUT2D eigenvalue weighted by Crippen LogP contribution is 2.08. The summed E-state index contributed by atoms with van der Waals surface area (Å²) in [4.78, 5) is 14.4. The Morgan fingerprint density at radius 2 is 2.40 bits per heavy atom. The van der Waals surface area contributed by atoms with Gasteiger partial charge in [0.2, 0.25) is 0 Å². The van der Waals surface area contributed by atoms with Gasteiger partial charge in [-0.1, -0.05) is 33.8 Å². The minimum atomic E-state index is 0.0397. The van der Waals surface area contributed by atoms with Gasteiger partial charge in [-0.2, -0.15) is 0 Å². The van der Waals surface area contributed by atoms with Gasteiger partial charge in [-0.3, -0.25) is 4.79 Å². The van der Waals surface area contributed by atoms with Gasteiger partial charge >= 0.3 is 0 Å². The largest absolute Gasteiger partial charge is 0.337 e. The molecule has 0 aliphatic heterocycles. The van der Waals surface area contributed by atoms with Crippen molar-refractivity contribution in [2.75, 3.05) is 18.4 Å². The summed E-state index contributed by atoms with van der Waals surface area (Å²) in [6.45, 7) is 3.65. The van der Waals surface area contributed by atoms with E-state index in [2.05, 4.69) is 32.4 Å². The fraction of sp³-hybridized carbons (Fsp3) is 0.667. The summed E-state index contributed by atoms with van der Waals surface area (Å²) in [6, 6.07) is 0. The Hall–Kier alpha value is -0.490. The van der Waals surface area contributed by atoms with Crippen LogP contribution in [0.25, 0.3) is 0 Å². The summed E-state index contributed by atoms with van der Waals surface area (Å²) in [6.07, 6.45) is 3.65. The number of hydrogen-bond donors (Lipinski definition) is 0. The van der Waals surface area contributed by atoms with Crippen molar-refractivity contribution in [1.29, 1.82) is 0 Å². The quantitative estimate of drug-likeness (QED) is 0.755. The Morgan fingerprint density at radius 3 is 2.93 bits per heavy atom. The Kier molecular flexibility index (Phi) is 5.78. The van der Waals surface area contributed by atoms with Crippen LogP contribution in [0.2, 0.25) is 0 Å². The monoisotopic (exact) mass is 291 g/mol. The molecular weight excluding hydrogens is 278 g/mol. The second-order valence-electron chi connectivity index (χ2n) is 3.12. The van der Waals surface area contributed by atoms with Crippen LogP contribution in [-0.2, 0) is 0 Å². The molecule has 1 rings (SSSR count). The number of nitrogens with zero attached hydrogens (tertiary/aromatic N) is 3. The third kappa shape index (κ3) is 3.87. The molecule has 6 heteroatoms. The van der Waals surface area contributed by atoms with E-state index in [-0.39, 0.29) is 5.91 Å². The molecule has 0 fully saturated rings. The number of unbranched alkanes of at least 4 members (excludes halogenated alkanes) is 1. The van der Waals surface area contributed by atoms with E-state index in [1.807, 2.05) is 4.90 Å². The lowest BCUT2D eigenvalue weighted by molar-refractivity contribution is 0.0769. The molecule has 1 heterocycles. The van der Waals surface area contributed by atoms with Gasteiger partial charge in [-0.05, 0) is 18.0 Å². The molecule has 0 N–H and O–H groups in total. The SMILES string of the molecule is CCCCN(CCBr)C(=O)c1cnns1. The maximum absolute atomic E-state index is 11.9. The molecule has 84 valence electrons.